The molecule has 0 aliphatic rings. The van der Waals surface area contributed by atoms with Gasteiger partial charge in [0, 0.05) is 22.2 Å². The number of nitrogens with zero attached hydrogens (tertiary/aromatic N) is 1. The van der Waals surface area contributed by atoms with Crippen molar-refractivity contribution < 1.29 is 9.59 Å². The molecule has 1 heterocycles. The predicted molar refractivity (Wildman–Crippen MR) is 103 cm³/mol. The van der Waals surface area contributed by atoms with Crippen LogP contribution in [0.3, 0.4) is 0 Å². The zero-order chi connectivity index (χ0) is 17.6. The minimum atomic E-state index is -0.1000. The summed E-state index contributed by atoms with van der Waals surface area (Å²) in [5.74, 6) is 0.194. The summed E-state index contributed by atoms with van der Waals surface area (Å²) in [5, 5.41) is 4.82. The Balaban J connectivity index is 1.54. The number of carbonyl (C=O) groups excluding carboxylic acids is 2. The molecule has 0 aliphatic carbocycles. The van der Waals surface area contributed by atoms with Gasteiger partial charge in [-0.3, -0.25) is 9.59 Å². The van der Waals surface area contributed by atoms with Crippen LogP contribution in [0.4, 0.5) is 5.69 Å². The molecule has 0 aliphatic heterocycles. The van der Waals surface area contributed by atoms with Crippen LogP contribution in [0.5, 0.6) is 0 Å². The third-order valence-electron chi connectivity index (χ3n) is 3.45. The number of ketones is 1. The van der Waals surface area contributed by atoms with Gasteiger partial charge < -0.3 is 5.32 Å². The first kappa shape index (κ1) is 17.4. The Morgan fingerprint density at radius 2 is 1.80 bits per heavy atom. The molecule has 0 fully saturated rings. The van der Waals surface area contributed by atoms with E-state index in [0.29, 0.717) is 11.3 Å². The van der Waals surface area contributed by atoms with Gasteiger partial charge in [-0.2, -0.15) is 0 Å². The predicted octanol–water partition coefficient (Wildman–Crippen LogP) is 4.74. The number of Topliss-reactive ketones (excluding diaryl/α,β-unsaturated/α-hetero) is 1. The lowest BCUT2D eigenvalue weighted by atomic mass is 10.1. The summed E-state index contributed by atoms with van der Waals surface area (Å²) in [4.78, 5) is 27.9. The van der Waals surface area contributed by atoms with Crippen LogP contribution in [0.2, 0.25) is 0 Å². The van der Waals surface area contributed by atoms with Crippen molar-refractivity contribution in [3.05, 3.63) is 65.5 Å². The molecule has 0 unspecified atom stereocenters. The van der Waals surface area contributed by atoms with Crippen LogP contribution < -0.4 is 5.32 Å². The summed E-state index contributed by atoms with van der Waals surface area (Å²) in [5.41, 5.74) is 3.30. The fourth-order valence-corrected chi connectivity index (χ4v) is 3.81. The number of anilines is 1. The van der Waals surface area contributed by atoms with Crippen molar-refractivity contribution >= 4 is 40.5 Å². The number of amides is 1. The van der Waals surface area contributed by atoms with E-state index in [2.05, 4.69) is 10.3 Å². The zero-order valence-corrected chi connectivity index (χ0v) is 15.2. The van der Waals surface area contributed by atoms with Crippen molar-refractivity contribution in [1.82, 2.24) is 4.98 Å². The first-order valence-corrected chi connectivity index (χ1v) is 9.53. The third kappa shape index (κ3) is 4.78. The topological polar surface area (TPSA) is 59.1 Å². The van der Waals surface area contributed by atoms with E-state index in [4.69, 9.17) is 0 Å². The number of thiazole rings is 1. The number of rotatable bonds is 6. The number of benzene rings is 2. The Hall–Kier alpha value is -2.44. The molecule has 0 radical (unpaired) electrons. The van der Waals surface area contributed by atoms with Gasteiger partial charge in [0.15, 0.2) is 10.1 Å². The lowest BCUT2D eigenvalue weighted by molar-refractivity contribution is -0.113. The number of hydrogen-bond acceptors (Lipinski definition) is 5. The lowest BCUT2D eigenvalue weighted by Gasteiger charge is -2.04. The van der Waals surface area contributed by atoms with Gasteiger partial charge >= 0.3 is 0 Å². The first-order chi connectivity index (χ1) is 12.1. The van der Waals surface area contributed by atoms with Crippen LogP contribution in [-0.2, 0) is 4.79 Å². The second-order valence-corrected chi connectivity index (χ2v) is 7.42. The lowest BCUT2D eigenvalue weighted by Crippen LogP contribution is -2.14. The SMILES string of the molecule is CC(=O)c1ccc(NC(=O)CSc2nc(-c3ccccc3)cs2)cc1. The van der Waals surface area contributed by atoms with Gasteiger partial charge in [-0.1, -0.05) is 42.1 Å². The molecule has 4 nitrogen and oxygen atoms in total. The molecule has 0 saturated heterocycles. The summed E-state index contributed by atoms with van der Waals surface area (Å²) in [6.45, 7) is 1.52. The molecule has 126 valence electrons. The Bertz CT molecular complexity index is 874. The summed E-state index contributed by atoms with van der Waals surface area (Å²) in [6.07, 6.45) is 0. The summed E-state index contributed by atoms with van der Waals surface area (Å²) in [6, 6.07) is 16.8. The van der Waals surface area contributed by atoms with Crippen LogP contribution in [0.1, 0.15) is 17.3 Å². The second kappa shape index (κ2) is 8.09. The first-order valence-electron chi connectivity index (χ1n) is 7.66. The smallest absolute Gasteiger partial charge is 0.234 e. The number of nitrogens with one attached hydrogen (secondary N) is 1. The Labute approximate surface area is 154 Å². The number of thioether (sulfide) groups is 1. The molecule has 0 atom stereocenters. The van der Waals surface area contributed by atoms with Crippen LogP contribution in [0.25, 0.3) is 11.3 Å². The van der Waals surface area contributed by atoms with E-state index < -0.39 is 0 Å². The molecule has 2 aromatic carbocycles. The van der Waals surface area contributed by atoms with E-state index in [0.717, 1.165) is 15.6 Å². The van der Waals surface area contributed by atoms with Gasteiger partial charge in [0.2, 0.25) is 5.91 Å². The molecule has 3 aromatic rings. The molecule has 3 rings (SSSR count). The third-order valence-corrected chi connectivity index (χ3v) is 5.48. The Morgan fingerprint density at radius 3 is 2.48 bits per heavy atom. The normalized spacial score (nSPS) is 10.4. The van der Waals surface area contributed by atoms with Crippen LogP contribution in [0.15, 0.2) is 64.3 Å². The van der Waals surface area contributed by atoms with Gasteiger partial charge in [-0.15, -0.1) is 11.3 Å². The minimum absolute atomic E-state index is 0.00595. The highest BCUT2D eigenvalue weighted by Gasteiger charge is 2.08. The van der Waals surface area contributed by atoms with E-state index in [-0.39, 0.29) is 17.4 Å². The van der Waals surface area contributed by atoms with Crippen molar-refractivity contribution in [1.29, 1.82) is 0 Å². The fourth-order valence-electron chi connectivity index (χ4n) is 2.18. The summed E-state index contributed by atoms with van der Waals surface area (Å²) in [7, 11) is 0. The molecule has 0 spiro atoms. The average molecular weight is 368 g/mol. The molecule has 0 bridgehead atoms. The van der Waals surface area contributed by atoms with Gasteiger partial charge in [0.05, 0.1) is 11.4 Å². The number of aromatic nitrogens is 1. The molecule has 25 heavy (non-hydrogen) atoms. The highest BCUT2D eigenvalue weighted by Crippen LogP contribution is 2.28. The van der Waals surface area contributed by atoms with Crippen LogP contribution in [-0.4, -0.2) is 22.4 Å². The maximum absolute atomic E-state index is 12.1. The molecule has 6 heteroatoms. The standard InChI is InChI=1S/C19H16N2O2S2/c1-13(22)14-7-9-16(10-8-14)20-18(23)12-25-19-21-17(11-24-19)15-5-3-2-4-6-15/h2-11H,12H2,1H3,(H,20,23). The monoisotopic (exact) mass is 368 g/mol. The number of carbonyl (C=O) groups is 2. The summed E-state index contributed by atoms with van der Waals surface area (Å²) >= 11 is 2.94. The van der Waals surface area contributed by atoms with Gasteiger partial charge in [-0.25, -0.2) is 4.98 Å². The molecular weight excluding hydrogens is 352 g/mol. The Kier molecular flexibility index (Phi) is 5.63. The largest absolute Gasteiger partial charge is 0.325 e. The molecule has 1 aromatic heterocycles. The van der Waals surface area contributed by atoms with E-state index in [9.17, 15) is 9.59 Å². The second-order valence-electron chi connectivity index (χ2n) is 5.34. The molecular formula is C19H16N2O2S2. The zero-order valence-electron chi connectivity index (χ0n) is 13.6. The van der Waals surface area contributed by atoms with Gasteiger partial charge in [-0.05, 0) is 31.2 Å². The van der Waals surface area contributed by atoms with Crippen LogP contribution in [0, 0.1) is 0 Å². The van der Waals surface area contributed by atoms with E-state index in [1.54, 1.807) is 24.3 Å². The highest BCUT2D eigenvalue weighted by atomic mass is 32.2. The molecule has 1 N–H and O–H groups in total. The average Bonchev–Trinajstić information content (AvgIpc) is 3.10. The van der Waals surface area contributed by atoms with E-state index >= 15 is 0 Å². The van der Waals surface area contributed by atoms with Crippen molar-refractivity contribution in [3.8, 4) is 11.3 Å². The van der Waals surface area contributed by atoms with E-state index in [1.165, 1.54) is 30.0 Å². The van der Waals surface area contributed by atoms with Crippen molar-refractivity contribution in [2.75, 3.05) is 11.1 Å². The molecule has 1 amide bonds. The quantitative estimate of drug-likeness (QED) is 0.504. The minimum Gasteiger partial charge on any atom is -0.325 e. The van der Waals surface area contributed by atoms with Crippen molar-refractivity contribution in [3.63, 3.8) is 0 Å². The molecule has 0 saturated carbocycles. The maximum atomic E-state index is 12.1. The van der Waals surface area contributed by atoms with Gasteiger partial charge in [0.1, 0.15) is 0 Å². The number of hydrogen-bond donors (Lipinski definition) is 1. The highest BCUT2D eigenvalue weighted by molar-refractivity contribution is 8.01. The van der Waals surface area contributed by atoms with Crippen LogP contribution >= 0.6 is 23.1 Å². The van der Waals surface area contributed by atoms with Crippen molar-refractivity contribution in [2.24, 2.45) is 0 Å². The van der Waals surface area contributed by atoms with E-state index in [1.807, 2.05) is 35.7 Å². The summed E-state index contributed by atoms with van der Waals surface area (Å²) < 4.78 is 0.862. The Morgan fingerprint density at radius 1 is 1.08 bits per heavy atom. The fraction of sp³-hybridized carbons (Fsp3) is 0.105. The maximum Gasteiger partial charge on any atom is 0.234 e. The van der Waals surface area contributed by atoms with Gasteiger partial charge in [0.25, 0.3) is 0 Å². The van der Waals surface area contributed by atoms with Crippen molar-refractivity contribution in [2.45, 2.75) is 11.3 Å².